The van der Waals surface area contributed by atoms with E-state index in [-0.39, 0.29) is 11.4 Å². The lowest BCUT2D eigenvalue weighted by Crippen LogP contribution is -2.42. The molecule has 1 N–H and O–H groups in total. The number of ether oxygens (including phenoxy) is 2. The van der Waals surface area contributed by atoms with Crippen LogP contribution in [0.4, 0.5) is 0 Å². The topological polar surface area (TPSA) is 102 Å². The van der Waals surface area contributed by atoms with Gasteiger partial charge >= 0.3 is 5.97 Å². The number of hydrogen-bond donors (Lipinski definition) is 1. The first kappa shape index (κ1) is 20.6. The Hall–Kier alpha value is -1.68. The Kier molecular flexibility index (Phi) is 7.39. The van der Waals surface area contributed by atoms with Crippen LogP contribution in [0.3, 0.4) is 0 Å². The van der Waals surface area contributed by atoms with Crippen molar-refractivity contribution in [3.8, 4) is 0 Å². The SMILES string of the molecule is COCCNC(=O)COC(=O)[C@@H]1CCCN1S(=O)(=O)c1ccc(Cl)cc1. The van der Waals surface area contributed by atoms with Gasteiger partial charge in [0.05, 0.1) is 11.5 Å². The summed E-state index contributed by atoms with van der Waals surface area (Å²) < 4.78 is 36.4. The quantitative estimate of drug-likeness (QED) is 0.508. The average Bonchev–Trinajstić information content (AvgIpc) is 3.11. The third-order valence-corrected chi connectivity index (χ3v) is 6.04. The van der Waals surface area contributed by atoms with Gasteiger partial charge in [0.15, 0.2) is 6.61 Å². The molecule has 0 aromatic heterocycles. The lowest BCUT2D eigenvalue weighted by Gasteiger charge is -2.22. The van der Waals surface area contributed by atoms with Gasteiger partial charge in [-0.25, -0.2) is 8.42 Å². The van der Waals surface area contributed by atoms with Crippen molar-refractivity contribution in [2.24, 2.45) is 0 Å². The highest BCUT2D eigenvalue weighted by Gasteiger charge is 2.40. The van der Waals surface area contributed by atoms with Gasteiger partial charge in [0.1, 0.15) is 6.04 Å². The summed E-state index contributed by atoms with van der Waals surface area (Å²) in [4.78, 5) is 23.9. The van der Waals surface area contributed by atoms with E-state index in [1.165, 1.54) is 31.4 Å². The number of benzene rings is 1. The van der Waals surface area contributed by atoms with Crippen LogP contribution in [0.25, 0.3) is 0 Å². The number of amides is 1. The van der Waals surface area contributed by atoms with E-state index < -0.39 is 34.5 Å². The molecule has 26 heavy (non-hydrogen) atoms. The van der Waals surface area contributed by atoms with E-state index in [0.29, 0.717) is 31.0 Å². The van der Waals surface area contributed by atoms with Gasteiger partial charge in [-0.1, -0.05) is 11.6 Å². The second kappa shape index (κ2) is 9.31. The summed E-state index contributed by atoms with van der Waals surface area (Å²) in [7, 11) is -2.35. The number of esters is 1. The van der Waals surface area contributed by atoms with E-state index in [1.807, 2.05) is 0 Å². The molecular weight excluding hydrogens is 384 g/mol. The zero-order chi connectivity index (χ0) is 19.2. The molecule has 1 atom stereocenters. The number of halogens is 1. The minimum absolute atomic E-state index is 0.0545. The van der Waals surface area contributed by atoms with Gasteiger partial charge < -0.3 is 14.8 Å². The maximum atomic E-state index is 12.8. The maximum absolute atomic E-state index is 12.8. The number of sulfonamides is 1. The Balaban J connectivity index is 1.99. The fourth-order valence-corrected chi connectivity index (χ4v) is 4.35. The van der Waals surface area contributed by atoms with Gasteiger partial charge in [0, 0.05) is 25.2 Å². The fraction of sp³-hybridized carbons (Fsp3) is 0.500. The maximum Gasteiger partial charge on any atom is 0.324 e. The summed E-state index contributed by atoms with van der Waals surface area (Å²) in [6.45, 7) is 0.390. The molecule has 0 saturated carbocycles. The van der Waals surface area contributed by atoms with Crippen LogP contribution in [0.15, 0.2) is 29.2 Å². The minimum atomic E-state index is -3.85. The molecule has 0 unspecified atom stereocenters. The first-order chi connectivity index (χ1) is 12.4. The molecule has 0 spiro atoms. The van der Waals surface area contributed by atoms with E-state index in [9.17, 15) is 18.0 Å². The van der Waals surface area contributed by atoms with Gasteiger partial charge in [-0.15, -0.1) is 0 Å². The smallest absolute Gasteiger partial charge is 0.324 e. The lowest BCUT2D eigenvalue weighted by molar-refractivity contribution is -0.151. The predicted molar refractivity (Wildman–Crippen MR) is 94.2 cm³/mol. The molecule has 1 amide bonds. The Bertz CT molecular complexity index is 738. The number of nitrogens with zero attached hydrogens (tertiary/aromatic N) is 1. The highest BCUT2D eigenvalue weighted by Crippen LogP contribution is 2.27. The van der Waals surface area contributed by atoms with Crippen LogP contribution in [0.5, 0.6) is 0 Å². The van der Waals surface area contributed by atoms with Crippen molar-refractivity contribution >= 4 is 33.5 Å². The first-order valence-electron chi connectivity index (χ1n) is 8.06. The van der Waals surface area contributed by atoms with Crippen molar-refractivity contribution in [2.45, 2.75) is 23.8 Å². The van der Waals surface area contributed by atoms with E-state index in [4.69, 9.17) is 21.1 Å². The number of rotatable bonds is 8. The largest absolute Gasteiger partial charge is 0.454 e. The van der Waals surface area contributed by atoms with E-state index >= 15 is 0 Å². The zero-order valence-electron chi connectivity index (χ0n) is 14.3. The Morgan fingerprint density at radius 1 is 1.31 bits per heavy atom. The summed E-state index contributed by atoms with van der Waals surface area (Å²) in [6.07, 6.45) is 0.879. The van der Waals surface area contributed by atoms with Gasteiger partial charge in [-0.2, -0.15) is 4.31 Å². The normalized spacial score (nSPS) is 17.8. The third kappa shape index (κ3) is 5.16. The molecule has 0 radical (unpaired) electrons. The van der Waals surface area contributed by atoms with Crippen LogP contribution in [0.2, 0.25) is 5.02 Å². The van der Waals surface area contributed by atoms with Gasteiger partial charge in [0.2, 0.25) is 10.0 Å². The molecule has 144 valence electrons. The molecule has 1 aliphatic heterocycles. The molecule has 0 bridgehead atoms. The first-order valence-corrected chi connectivity index (χ1v) is 9.87. The molecule has 1 saturated heterocycles. The Morgan fingerprint density at radius 3 is 2.65 bits per heavy atom. The van der Waals surface area contributed by atoms with Crippen molar-refractivity contribution < 1.29 is 27.5 Å². The second-order valence-corrected chi connectivity index (χ2v) is 8.01. The van der Waals surface area contributed by atoms with E-state index in [1.54, 1.807) is 0 Å². The average molecular weight is 405 g/mol. The third-order valence-electron chi connectivity index (χ3n) is 3.87. The van der Waals surface area contributed by atoms with Crippen LogP contribution in [-0.2, 0) is 29.1 Å². The molecule has 1 aliphatic rings. The lowest BCUT2D eigenvalue weighted by atomic mass is 10.2. The summed E-state index contributed by atoms with van der Waals surface area (Å²) in [5, 5.41) is 2.93. The van der Waals surface area contributed by atoms with Gasteiger partial charge in [0.25, 0.3) is 5.91 Å². The number of nitrogens with one attached hydrogen (secondary N) is 1. The van der Waals surface area contributed by atoms with Crippen molar-refractivity contribution in [1.29, 1.82) is 0 Å². The molecule has 1 fully saturated rings. The van der Waals surface area contributed by atoms with Gasteiger partial charge in [-0.3, -0.25) is 9.59 Å². The Labute approximate surface area is 157 Å². The molecule has 2 rings (SSSR count). The monoisotopic (exact) mass is 404 g/mol. The van der Waals surface area contributed by atoms with Crippen molar-refractivity contribution in [2.75, 3.05) is 33.4 Å². The highest BCUT2D eigenvalue weighted by atomic mass is 35.5. The van der Waals surface area contributed by atoms with E-state index in [0.717, 1.165) is 4.31 Å². The van der Waals surface area contributed by atoms with Crippen LogP contribution in [0, 0.1) is 0 Å². The number of hydrogen-bond acceptors (Lipinski definition) is 6. The van der Waals surface area contributed by atoms with Crippen LogP contribution in [-0.4, -0.2) is 64.1 Å². The molecule has 1 aromatic rings. The number of methoxy groups -OCH3 is 1. The molecular formula is C16H21ClN2O6S. The second-order valence-electron chi connectivity index (χ2n) is 5.68. The molecule has 1 heterocycles. The predicted octanol–water partition coefficient (Wildman–Crippen LogP) is 0.799. The van der Waals surface area contributed by atoms with Crippen molar-refractivity contribution in [3.05, 3.63) is 29.3 Å². The summed E-state index contributed by atoms with van der Waals surface area (Å²) >= 11 is 5.79. The standard InChI is InChI=1S/C16H21ClN2O6S/c1-24-10-8-18-15(20)11-25-16(21)14-3-2-9-19(14)26(22,23)13-6-4-12(17)5-7-13/h4-7,14H,2-3,8-11H2,1H3,(H,18,20)/t14-/m0/s1. The molecule has 0 aliphatic carbocycles. The van der Waals surface area contributed by atoms with Crippen LogP contribution >= 0.6 is 11.6 Å². The zero-order valence-corrected chi connectivity index (χ0v) is 15.9. The van der Waals surface area contributed by atoms with Crippen molar-refractivity contribution in [1.82, 2.24) is 9.62 Å². The minimum Gasteiger partial charge on any atom is -0.454 e. The van der Waals surface area contributed by atoms with Crippen LogP contribution in [0.1, 0.15) is 12.8 Å². The molecule has 1 aromatic carbocycles. The molecule has 8 nitrogen and oxygen atoms in total. The molecule has 10 heteroatoms. The number of carbonyl (C=O) groups is 2. The summed E-state index contributed by atoms with van der Waals surface area (Å²) in [5.41, 5.74) is 0. The Morgan fingerprint density at radius 2 is 2.00 bits per heavy atom. The highest BCUT2D eigenvalue weighted by molar-refractivity contribution is 7.89. The number of carbonyl (C=O) groups excluding carboxylic acids is 2. The van der Waals surface area contributed by atoms with Gasteiger partial charge in [-0.05, 0) is 37.1 Å². The van der Waals surface area contributed by atoms with Crippen LogP contribution < -0.4 is 5.32 Å². The fourth-order valence-electron chi connectivity index (χ4n) is 2.58. The van der Waals surface area contributed by atoms with E-state index in [2.05, 4.69) is 5.32 Å². The summed E-state index contributed by atoms with van der Waals surface area (Å²) in [5.74, 6) is -1.21. The van der Waals surface area contributed by atoms with Crippen molar-refractivity contribution in [3.63, 3.8) is 0 Å². The summed E-state index contributed by atoms with van der Waals surface area (Å²) in [6, 6.07) is 4.79.